The lowest BCUT2D eigenvalue weighted by Crippen LogP contribution is -2.13. The number of benzene rings is 1. The molecule has 1 aliphatic rings. The lowest BCUT2D eigenvalue weighted by molar-refractivity contribution is -0.136. The molecule has 1 atom stereocenters. The molecular weight excluding hydrogens is 268 g/mol. The zero-order valence-electron chi connectivity index (χ0n) is 12.2. The van der Waals surface area contributed by atoms with Gasteiger partial charge in [0.25, 0.3) is 0 Å². The summed E-state index contributed by atoms with van der Waals surface area (Å²) < 4.78 is 7.60. The Hall–Kier alpha value is -2.30. The summed E-state index contributed by atoms with van der Waals surface area (Å²) in [4.78, 5) is 10.9. The molecule has 110 valence electrons. The predicted molar refractivity (Wildman–Crippen MR) is 77.7 cm³/mol. The lowest BCUT2D eigenvalue weighted by atomic mass is 10.0. The highest BCUT2D eigenvalue weighted by atomic mass is 16.5. The van der Waals surface area contributed by atoms with Crippen LogP contribution in [0, 0.1) is 13.8 Å². The van der Waals surface area contributed by atoms with Crippen molar-refractivity contribution in [2.75, 3.05) is 6.61 Å². The van der Waals surface area contributed by atoms with Gasteiger partial charge in [0, 0.05) is 22.7 Å². The van der Waals surface area contributed by atoms with Crippen LogP contribution in [0.1, 0.15) is 28.4 Å². The van der Waals surface area contributed by atoms with Gasteiger partial charge in [-0.3, -0.25) is 9.48 Å². The average molecular weight is 286 g/mol. The highest BCUT2D eigenvalue weighted by Crippen LogP contribution is 2.34. The van der Waals surface area contributed by atoms with Gasteiger partial charge in [-0.2, -0.15) is 5.10 Å². The van der Waals surface area contributed by atoms with Crippen LogP contribution in [0.4, 0.5) is 0 Å². The normalized spacial score (nSPS) is 16.6. The molecule has 0 bridgehead atoms. The Morgan fingerprint density at radius 1 is 1.43 bits per heavy atom. The molecule has 21 heavy (non-hydrogen) atoms. The highest BCUT2D eigenvalue weighted by molar-refractivity contribution is 5.70. The van der Waals surface area contributed by atoms with E-state index in [0.717, 1.165) is 22.7 Å². The summed E-state index contributed by atoms with van der Waals surface area (Å²) in [5, 5.41) is 13.5. The number of hydrogen-bond acceptors (Lipinski definition) is 3. The molecule has 0 saturated heterocycles. The van der Waals surface area contributed by atoms with E-state index in [0.29, 0.717) is 13.2 Å². The molecule has 5 nitrogen and oxygen atoms in total. The summed E-state index contributed by atoms with van der Waals surface area (Å²) in [6.45, 7) is 5.15. The summed E-state index contributed by atoms with van der Waals surface area (Å²) in [6, 6.07) is 8.04. The van der Waals surface area contributed by atoms with Crippen molar-refractivity contribution in [3.05, 3.63) is 46.8 Å². The quantitative estimate of drug-likeness (QED) is 0.936. The van der Waals surface area contributed by atoms with Gasteiger partial charge >= 0.3 is 5.97 Å². The minimum Gasteiger partial charge on any atom is -0.493 e. The number of hydrogen-bond donors (Lipinski definition) is 1. The van der Waals surface area contributed by atoms with Crippen molar-refractivity contribution in [1.29, 1.82) is 0 Å². The van der Waals surface area contributed by atoms with Gasteiger partial charge < -0.3 is 9.84 Å². The van der Waals surface area contributed by atoms with Gasteiger partial charge in [0.2, 0.25) is 0 Å². The minimum absolute atomic E-state index is 0.0232. The molecular formula is C16H18N2O3. The number of aliphatic carboxylic acids is 1. The van der Waals surface area contributed by atoms with Gasteiger partial charge in [-0.25, -0.2) is 0 Å². The average Bonchev–Trinajstić information content (AvgIpc) is 2.96. The second-order valence-electron chi connectivity index (χ2n) is 5.45. The fraction of sp³-hybridized carbons (Fsp3) is 0.375. The number of nitrogens with zero attached hydrogens (tertiary/aromatic N) is 2. The number of carboxylic acid groups (broad SMARTS) is 1. The van der Waals surface area contributed by atoms with Crippen LogP contribution in [0.3, 0.4) is 0 Å². The third-order valence-electron chi connectivity index (χ3n) is 4.05. The van der Waals surface area contributed by atoms with E-state index in [2.05, 4.69) is 11.2 Å². The van der Waals surface area contributed by atoms with Gasteiger partial charge in [0.15, 0.2) is 0 Å². The van der Waals surface area contributed by atoms with E-state index in [9.17, 15) is 4.79 Å². The Morgan fingerprint density at radius 2 is 2.19 bits per heavy atom. The molecule has 0 fully saturated rings. The van der Waals surface area contributed by atoms with Crippen LogP contribution in [0.5, 0.6) is 5.75 Å². The van der Waals surface area contributed by atoms with Crippen molar-refractivity contribution in [3.63, 3.8) is 0 Å². The molecule has 5 heteroatoms. The predicted octanol–water partition coefficient (Wildman–Crippen LogP) is 2.30. The van der Waals surface area contributed by atoms with E-state index in [1.54, 1.807) is 0 Å². The van der Waals surface area contributed by atoms with Crippen LogP contribution in [0.15, 0.2) is 24.3 Å². The highest BCUT2D eigenvalue weighted by Gasteiger charge is 2.25. The topological polar surface area (TPSA) is 64.4 Å². The summed E-state index contributed by atoms with van der Waals surface area (Å²) in [6.07, 6.45) is 0.0232. The maximum Gasteiger partial charge on any atom is 0.307 e. The summed E-state index contributed by atoms with van der Waals surface area (Å²) >= 11 is 0. The van der Waals surface area contributed by atoms with Gasteiger partial charge in [0.05, 0.1) is 25.3 Å². The first-order chi connectivity index (χ1) is 10.1. The number of fused-ring (bicyclic) bond motifs is 1. The summed E-state index contributed by atoms with van der Waals surface area (Å²) in [7, 11) is 0. The van der Waals surface area contributed by atoms with Gasteiger partial charge in [0.1, 0.15) is 5.75 Å². The summed E-state index contributed by atoms with van der Waals surface area (Å²) in [5.74, 6) is 0.377. The number of carboxylic acids is 1. The molecule has 1 unspecified atom stereocenters. The molecule has 2 aromatic rings. The van der Waals surface area contributed by atoms with Crippen molar-refractivity contribution >= 4 is 5.97 Å². The number of carbonyl (C=O) groups is 1. The van der Waals surface area contributed by atoms with E-state index in [1.165, 1.54) is 5.56 Å². The van der Waals surface area contributed by atoms with E-state index in [1.807, 2.05) is 36.7 Å². The molecule has 1 aromatic carbocycles. The largest absolute Gasteiger partial charge is 0.493 e. The third kappa shape index (κ3) is 2.51. The minimum atomic E-state index is -0.824. The molecule has 3 rings (SSSR count). The van der Waals surface area contributed by atoms with Crippen LogP contribution in [0.2, 0.25) is 0 Å². The second-order valence-corrected chi connectivity index (χ2v) is 5.45. The van der Waals surface area contributed by atoms with Crippen LogP contribution < -0.4 is 4.74 Å². The Morgan fingerprint density at radius 3 is 2.95 bits per heavy atom. The Bertz CT molecular complexity index is 691. The van der Waals surface area contributed by atoms with Crippen LogP contribution >= 0.6 is 0 Å². The van der Waals surface area contributed by atoms with E-state index < -0.39 is 5.97 Å². The Labute approximate surface area is 123 Å². The van der Waals surface area contributed by atoms with E-state index >= 15 is 0 Å². The molecule has 0 aliphatic carbocycles. The monoisotopic (exact) mass is 286 g/mol. The Kier molecular flexibility index (Phi) is 3.41. The first kappa shape index (κ1) is 13.7. The number of aryl methyl sites for hydroxylation is 1. The molecule has 0 amide bonds. The van der Waals surface area contributed by atoms with Gasteiger partial charge in [-0.05, 0) is 19.9 Å². The number of ether oxygens (including phenoxy) is 1. The summed E-state index contributed by atoms with van der Waals surface area (Å²) in [5.41, 5.74) is 3.74. The maximum atomic E-state index is 10.9. The van der Waals surface area contributed by atoms with Crippen LogP contribution in [-0.2, 0) is 17.8 Å². The number of aromatic nitrogens is 2. The zero-order chi connectivity index (χ0) is 15.0. The number of rotatable bonds is 4. The molecule has 0 saturated carbocycles. The molecule has 1 aliphatic heterocycles. The molecule has 2 heterocycles. The second kappa shape index (κ2) is 5.24. The molecule has 0 radical (unpaired) electrons. The zero-order valence-corrected chi connectivity index (χ0v) is 12.2. The maximum absolute atomic E-state index is 10.9. The van der Waals surface area contributed by atoms with Crippen molar-refractivity contribution in [2.24, 2.45) is 0 Å². The van der Waals surface area contributed by atoms with Gasteiger partial charge in [-0.15, -0.1) is 0 Å². The molecule has 1 aromatic heterocycles. The first-order valence-electron chi connectivity index (χ1n) is 7.02. The molecule has 1 N–H and O–H groups in total. The fourth-order valence-electron chi connectivity index (χ4n) is 2.91. The van der Waals surface area contributed by atoms with Crippen molar-refractivity contribution in [3.8, 4) is 5.75 Å². The van der Waals surface area contributed by atoms with Crippen molar-refractivity contribution < 1.29 is 14.6 Å². The molecule has 0 spiro atoms. The van der Waals surface area contributed by atoms with Crippen LogP contribution in [0.25, 0.3) is 0 Å². The van der Waals surface area contributed by atoms with Crippen molar-refractivity contribution in [2.45, 2.75) is 32.7 Å². The Balaban J connectivity index is 1.85. The van der Waals surface area contributed by atoms with Crippen molar-refractivity contribution in [1.82, 2.24) is 9.78 Å². The third-order valence-corrected chi connectivity index (χ3v) is 4.05. The van der Waals surface area contributed by atoms with Crippen LogP contribution in [-0.4, -0.2) is 27.5 Å². The standard InChI is InChI=1S/C16H18N2O3/c1-10-14(7-16(19)20)11(2)18(17-10)8-12-9-21-15-6-4-3-5-13(12)15/h3-6,12H,7-9H2,1-2H3,(H,19,20). The fourth-order valence-corrected chi connectivity index (χ4v) is 2.91. The van der Waals surface area contributed by atoms with Gasteiger partial charge in [-0.1, -0.05) is 18.2 Å². The first-order valence-corrected chi connectivity index (χ1v) is 7.02. The van der Waals surface area contributed by atoms with E-state index in [4.69, 9.17) is 9.84 Å². The SMILES string of the molecule is Cc1nn(CC2COc3ccccc32)c(C)c1CC(=O)O. The smallest absolute Gasteiger partial charge is 0.307 e. The number of para-hydroxylation sites is 1. The van der Waals surface area contributed by atoms with E-state index in [-0.39, 0.29) is 12.3 Å². The lowest BCUT2D eigenvalue weighted by Gasteiger charge is -2.11.